The first-order chi connectivity index (χ1) is 8.37. The molecule has 0 aromatic carbocycles. The molecule has 0 spiro atoms. The quantitative estimate of drug-likeness (QED) is 0.814. The van der Waals surface area contributed by atoms with E-state index >= 15 is 0 Å². The third kappa shape index (κ3) is 7.54. The van der Waals surface area contributed by atoms with Gasteiger partial charge < -0.3 is 11.1 Å². The van der Waals surface area contributed by atoms with E-state index in [0.717, 1.165) is 18.7 Å². The van der Waals surface area contributed by atoms with Crippen molar-refractivity contribution in [1.82, 2.24) is 5.32 Å². The molecule has 0 aromatic heterocycles. The van der Waals surface area contributed by atoms with E-state index in [2.05, 4.69) is 26.1 Å². The number of carbonyl (C=O) groups excluding carboxylic acids is 1. The normalized spacial score (nSPS) is 22.6. The number of amides is 1. The largest absolute Gasteiger partial charge is 0.355 e. The molecule has 1 rings (SSSR count). The molecule has 1 heterocycles. The van der Waals surface area contributed by atoms with Gasteiger partial charge in [-0.1, -0.05) is 20.8 Å². The van der Waals surface area contributed by atoms with Crippen LogP contribution < -0.4 is 11.1 Å². The van der Waals surface area contributed by atoms with Crippen LogP contribution in [-0.2, 0) is 4.79 Å². The fourth-order valence-corrected chi connectivity index (χ4v) is 4.66. The highest BCUT2D eigenvalue weighted by Gasteiger charge is 2.19. The van der Waals surface area contributed by atoms with Gasteiger partial charge in [0.15, 0.2) is 0 Å². The minimum Gasteiger partial charge on any atom is -0.355 e. The van der Waals surface area contributed by atoms with E-state index < -0.39 is 0 Å². The number of nitrogens with two attached hydrogens (primary N) is 1. The van der Waals surface area contributed by atoms with E-state index in [1.54, 1.807) is 0 Å². The van der Waals surface area contributed by atoms with Gasteiger partial charge >= 0.3 is 0 Å². The molecule has 1 saturated heterocycles. The van der Waals surface area contributed by atoms with E-state index in [9.17, 15) is 4.79 Å². The molecule has 3 N–H and O–H groups in total. The predicted octanol–water partition coefficient (Wildman–Crippen LogP) is 2.10. The van der Waals surface area contributed by atoms with Crippen molar-refractivity contribution in [3.63, 3.8) is 0 Å². The summed E-state index contributed by atoms with van der Waals surface area (Å²) in [6, 6.07) is -0.0293. The lowest BCUT2D eigenvalue weighted by molar-refractivity contribution is -0.121. The molecule has 3 nitrogen and oxygen atoms in total. The number of hydrogen-bond donors (Lipinski definition) is 2. The summed E-state index contributed by atoms with van der Waals surface area (Å²) in [7, 11) is 0. The van der Waals surface area contributed by atoms with Crippen LogP contribution >= 0.6 is 23.5 Å². The molecule has 2 unspecified atom stereocenters. The number of rotatable bonds is 5. The van der Waals surface area contributed by atoms with Gasteiger partial charge in [0.05, 0.1) is 0 Å². The van der Waals surface area contributed by atoms with Crippen LogP contribution in [0.2, 0.25) is 0 Å². The van der Waals surface area contributed by atoms with Gasteiger partial charge in [0.2, 0.25) is 5.91 Å². The van der Waals surface area contributed by atoms with E-state index in [1.165, 1.54) is 11.5 Å². The van der Waals surface area contributed by atoms with Crippen LogP contribution in [0.3, 0.4) is 0 Å². The third-order valence-electron chi connectivity index (χ3n) is 2.73. The molecule has 1 aliphatic rings. The highest BCUT2D eigenvalue weighted by atomic mass is 32.2. The van der Waals surface area contributed by atoms with Crippen LogP contribution in [0.5, 0.6) is 0 Å². The average Bonchev–Trinajstić information content (AvgIpc) is 2.25. The number of hydrogen-bond acceptors (Lipinski definition) is 4. The zero-order valence-electron chi connectivity index (χ0n) is 11.7. The standard InChI is InChI=1S/C13H26N2OS2/c1-13(2,3)7-10(14)6-12(16)15-8-11-9-17-4-5-18-11/h10-11H,4-9,14H2,1-3H3,(H,15,16). The zero-order valence-corrected chi connectivity index (χ0v) is 13.3. The van der Waals surface area contributed by atoms with Gasteiger partial charge in [-0.25, -0.2) is 0 Å². The SMILES string of the molecule is CC(C)(C)CC(N)CC(=O)NCC1CSCCS1. The van der Waals surface area contributed by atoms with Gasteiger partial charge in [0.1, 0.15) is 0 Å². The molecule has 1 fully saturated rings. The molecule has 1 aliphatic heterocycles. The number of thioether (sulfide) groups is 2. The molecule has 0 aliphatic carbocycles. The Hall–Kier alpha value is 0.130. The lowest BCUT2D eigenvalue weighted by Crippen LogP contribution is -2.38. The molecule has 5 heteroatoms. The topological polar surface area (TPSA) is 55.1 Å². The summed E-state index contributed by atoms with van der Waals surface area (Å²) >= 11 is 3.95. The fraction of sp³-hybridized carbons (Fsp3) is 0.923. The van der Waals surface area contributed by atoms with Crippen LogP contribution in [0, 0.1) is 5.41 Å². The van der Waals surface area contributed by atoms with Crippen molar-refractivity contribution in [3.8, 4) is 0 Å². The Bertz CT molecular complexity index is 260. The minimum absolute atomic E-state index is 0.0293. The number of nitrogens with one attached hydrogen (secondary N) is 1. The summed E-state index contributed by atoms with van der Waals surface area (Å²) < 4.78 is 0. The van der Waals surface area contributed by atoms with Crippen molar-refractivity contribution in [3.05, 3.63) is 0 Å². The van der Waals surface area contributed by atoms with E-state index in [1.807, 2.05) is 23.5 Å². The van der Waals surface area contributed by atoms with E-state index in [0.29, 0.717) is 11.7 Å². The van der Waals surface area contributed by atoms with Crippen LogP contribution in [0.25, 0.3) is 0 Å². The van der Waals surface area contributed by atoms with Crippen molar-refractivity contribution < 1.29 is 4.79 Å². The predicted molar refractivity (Wildman–Crippen MR) is 83.2 cm³/mol. The first kappa shape index (κ1) is 16.2. The second-order valence-corrected chi connectivity index (χ2v) is 8.66. The lowest BCUT2D eigenvalue weighted by Gasteiger charge is -2.24. The maximum absolute atomic E-state index is 11.8. The summed E-state index contributed by atoms with van der Waals surface area (Å²) in [6.07, 6.45) is 1.33. The highest BCUT2D eigenvalue weighted by molar-refractivity contribution is 8.06. The Morgan fingerprint density at radius 3 is 2.72 bits per heavy atom. The molecule has 0 radical (unpaired) electrons. The van der Waals surface area contributed by atoms with Gasteiger partial charge in [-0.15, -0.1) is 0 Å². The van der Waals surface area contributed by atoms with Gasteiger partial charge in [0, 0.05) is 41.5 Å². The molecule has 0 bridgehead atoms. The molecule has 2 atom stereocenters. The van der Waals surface area contributed by atoms with Crippen LogP contribution in [0.4, 0.5) is 0 Å². The van der Waals surface area contributed by atoms with Crippen LogP contribution in [0.1, 0.15) is 33.6 Å². The molecule has 0 saturated carbocycles. The summed E-state index contributed by atoms with van der Waals surface area (Å²) in [4.78, 5) is 11.8. The molecule has 18 heavy (non-hydrogen) atoms. The maximum Gasteiger partial charge on any atom is 0.221 e. The fourth-order valence-electron chi connectivity index (χ4n) is 2.05. The van der Waals surface area contributed by atoms with Crippen LogP contribution in [0.15, 0.2) is 0 Å². The van der Waals surface area contributed by atoms with E-state index in [4.69, 9.17) is 5.73 Å². The average molecular weight is 290 g/mol. The maximum atomic E-state index is 11.8. The van der Waals surface area contributed by atoms with E-state index in [-0.39, 0.29) is 17.4 Å². The Morgan fingerprint density at radius 2 is 2.17 bits per heavy atom. The van der Waals surface area contributed by atoms with Gasteiger partial charge in [0.25, 0.3) is 0 Å². The monoisotopic (exact) mass is 290 g/mol. The van der Waals surface area contributed by atoms with Gasteiger partial charge in [-0.3, -0.25) is 4.79 Å². The molecule has 106 valence electrons. The molecular formula is C13H26N2OS2. The summed E-state index contributed by atoms with van der Waals surface area (Å²) in [5, 5.41) is 3.59. The molecule has 1 amide bonds. The Balaban J connectivity index is 2.16. The zero-order chi connectivity index (χ0) is 13.6. The van der Waals surface area contributed by atoms with Crippen molar-refractivity contribution in [2.75, 3.05) is 23.8 Å². The summed E-state index contributed by atoms with van der Waals surface area (Å²) in [6.45, 7) is 7.25. The van der Waals surface area contributed by atoms with Crippen molar-refractivity contribution in [1.29, 1.82) is 0 Å². The van der Waals surface area contributed by atoms with Crippen molar-refractivity contribution >= 4 is 29.4 Å². The van der Waals surface area contributed by atoms with Crippen LogP contribution in [-0.4, -0.2) is 41.0 Å². The summed E-state index contributed by atoms with van der Waals surface area (Å²) in [5.41, 5.74) is 6.19. The first-order valence-corrected chi connectivity index (χ1v) is 8.79. The third-order valence-corrected chi connectivity index (χ3v) is 5.58. The molecule has 0 aromatic rings. The minimum atomic E-state index is -0.0293. The smallest absolute Gasteiger partial charge is 0.221 e. The highest BCUT2D eigenvalue weighted by Crippen LogP contribution is 2.23. The second kappa shape index (κ2) is 7.65. The van der Waals surface area contributed by atoms with Crippen molar-refractivity contribution in [2.45, 2.75) is 44.9 Å². The van der Waals surface area contributed by atoms with Gasteiger partial charge in [-0.05, 0) is 11.8 Å². The first-order valence-electron chi connectivity index (χ1n) is 6.58. The molecular weight excluding hydrogens is 264 g/mol. The lowest BCUT2D eigenvalue weighted by atomic mass is 9.87. The van der Waals surface area contributed by atoms with Crippen molar-refractivity contribution in [2.24, 2.45) is 11.1 Å². The Labute approximate surface area is 119 Å². The number of carbonyl (C=O) groups is 1. The second-order valence-electron chi connectivity index (χ2n) is 6.10. The Kier molecular flexibility index (Phi) is 6.88. The summed E-state index contributed by atoms with van der Waals surface area (Å²) in [5.74, 6) is 3.70. The van der Waals surface area contributed by atoms with Gasteiger partial charge in [-0.2, -0.15) is 23.5 Å². The Morgan fingerprint density at radius 1 is 1.44 bits per heavy atom.